The van der Waals surface area contributed by atoms with E-state index in [4.69, 9.17) is 4.74 Å². The van der Waals surface area contributed by atoms with Crippen LogP contribution in [-0.2, 0) is 4.74 Å². The van der Waals surface area contributed by atoms with Gasteiger partial charge < -0.3 is 4.74 Å². The van der Waals surface area contributed by atoms with Crippen LogP contribution in [0.15, 0.2) is 0 Å². The van der Waals surface area contributed by atoms with Crippen LogP contribution >= 0.6 is 0 Å². The molecule has 0 amide bonds. The van der Waals surface area contributed by atoms with E-state index in [2.05, 4.69) is 20.8 Å². The minimum absolute atomic E-state index is 0.434. The molecule has 1 fully saturated rings. The summed E-state index contributed by atoms with van der Waals surface area (Å²) in [5.41, 5.74) is 0.434. The number of ether oxygens (including phenoxy) is 1. The summed E-state index contributed by atoms with van der Waals surface area (Å²) >= 11 is 0. The van der Waals surface area contributed by atoms with Crippen LogP contribution in [0.4, 0.5) is 0 Å². The Morgan fingerprint density at radius 1 is 1.15 bits per heavy atom. The maximum absolute atomic E-state index is 5.65. The maximum atomic E-state index is 5.65. The fourth-order valence-corrected chi connectivity index (χ4v) is 1.07. The molecule has 1 saturated carbocycles. The molecule has 80 valence electrons. The van der Waals surface area contributed by atoms with Gasteiger partial charge in [-0.1, -0.05) is 34.6 Å². The van der Waals surface area contributed by atoms with Crippen molar-refractivity contribution >= 4 is 0 Å². The third-order valence-electron chi connectivity index (χ3n) is 2.26. The normalized spacial score (nSPS) is 17.3. The summed E-state index contributed by atoms with van der Waals surface area (Å²) in [6.07, 6.45) is 5.76. The Bertz CT molecular complexity index is 109. The zero-order valence-electron chi connectivity index (χ0n) is 10.0. The Kier molecular flexibility index (Phi) is 6.40. The van der Waals surface area contributed by atoms with Crippen molar-refractivity contribution in [3.8, 4) is 0 Å². The van der Waals surface area contributed by atoms with Crippen LogP contribution in [0.5, 0.6) is 0 Å². The fraction of sp³-hybridized carbons (Fsp3) is 1.00. The first kappa shape index (κ1) is 13.0. The summed E-state index contributed by atoms with van der Waals surface area (Å²) in [5.74, 6) is 0. The van der Waals surface area contributed by atoms with Crippen molar-refractivity contribution in [3.63, 3.8) is 0 Å². The number of rotatable bonds is 3. The molecule has 1 rings (SSSR count). The van der Waals surface area contributed by atoms with Gasteiger partial charge in [-0.2, -0.15) is 0 Å². The first-order valence-corrected chi connectivity index (χ1v) is 5.69. The van der Waals surface area contributed by atoms with Crippen molar-refractivity contribution in [2.45, 2.75) is 66.4 Å². The Labute approximate surface area is 83.9 Å². The standard InChI is InChI=1S/C10H20O.C2H6/c1-10(2,3)7-8-11-9-5-4-6-9;1-2/h9H,4-8H2,1-3H3;1-2H3. The second kappa shape index (κ2) is 6.42. The average Bonchev–Trinajstić information content (AvgIpc) is 1.97. The SMILES string of the molecule is CC.CC(C)(C)CCOC1CCC1. The summed E-state index contributed by atoms with van der Waals surface area (Å²) < 4.78 is 5.65. The van der Waals surface area contributed by atoms with Gasteiger partial charge in [-0.15, -0.1) is 0 Å². The Hall–Kier alpha value is -0.0400. The monoisotopic (exact) mass is 186 g/mol. The zero-order valence-corrected chi connectivity index (χ0v) is 10.0. The van der Waals surface area contributed by atoms with E-state index in [1.807, 2.05) is 13.8 Å². The summed E-state index contributed by atoms with van der Waals surface area (Å²) in [4.78, 5) is 0. The molecular formula is C12H26O. The second-order valence-electron chi connectivity index (χ2n) is 4.73. The van der Waals surface area contributed by atoms with E-state index in [-0.39, 0.29) is 0 Å². The van der Waals surface area contributed by atoms with Gasteiger partial charge >= 0.3 is 0 Å². The van der Waals surface area contributed by atoms with Crippen molar-refractivity contribution in [2.75, 3.05) is 6.61 Å². The smallest absolute Gasteiger partial charge is 0.0575 e. The van der Waals surface area contributed by atoms with Crippen molar-refractivity contribution in [2.24, 2.45) is 5.41 Å². The first-order valence-electron chi connectivity index (χ1n) is 5.69. The topological polar surface area (TPSA) is 9.23 Å². The van der Waals surface area contributed by atoms with Gasteiger partial charge in [0.05, 0.1) is 6.10 Å². The maximum Gasteiger partial charge on any atom is 0.0575 e. The largest absolute Gasteiger partial charge is 0.378 e. The molecule has 0 saturated heterocycles. The molecule has 1 aliphatic rings. The molecule has 1 nitrogen and oxygen atoms in total. The lowest BCUT2D eigenvalue weighted by atomic mass is 9.92. The van der Waals surface area contributed by atoms with Crippen molar-refractivity contribution in [1.82, 2.24) is 0 Å². The van der Waals surface area contributed by atoms with Gasteiger partial charge in [0.1, 0.15) is 0 Å². The molecule has 0 N–H and O–H groups in total. The zero-order chi connectivity index (χ0) is 10.3. The lowest BCUT2D eigenvalue weighted by molar-refractivity contribution is -0.00809. The van der Waals surface area contributed by atoms with Crippen LogP contribution in [0.3, 0.4) is 0 Å². The summed E-state index contributed by atoms with van der Waals surface area (Å²) in [6.45, 7) is 11.7. The van der Waals surface area contributed by atoms with Crippen LogP contribution < -0.4 is 0 Å². The van der Waals surface area contributed by atoms with Crippen LogP contribution in [0, 0.1) is 5.41 Å². The van der Waals surface area contributed by atoms with E-state index in [0.29, 0.717) is 11.5 Å². The number of hydrogen-bond acceptors (Lipinski definition) is 1. The van der Waals surface area contributed by atoms with Gasteiger partial charge in [-0.25, -0.2) is 0 Å². The Morgan fingerprint density at radius 3 is 2.00 bits per heavy atom. The third-order valence-corrected chi connectivity index (χ3v) is 2.26. The van der Waals surface area contributed by atoms with Crippen LogP contribution in [0.1, 0.15) is 60.3 Å². The van der Waals surface area contributed by atoms with Crippen LogP contribution in [0.25, 0.3) is 0 Å². The average molecular weight is 186 g/mol. The molecular weight excluding hydrogens is 160 g/mol. The molecule has 13 heavy (non-hydrogen) atoms. The van der Waals surface area contributed by atoms with Gasteiger partial charge in [0.25, 0.3) is 0 Å². The molecule has 0 radical (unpaired) electrons. The highest BCUT2D eigenvalue weighted by molar-refractivity contribution is 4.69. The van der Waals surface area contributed by atoms with E-state index in [0.717, 1.165) is 6.61 Å². The van der Waals surface area contributed by atoms with E-state index < -0.39 is 0 Å². The highest BCUT2D eigenvalue weighted by atomic mass is 16.5. The van der Waals surface area contributed by atoms with Gasteiger partial charge in [-0.05, 0) is 31.1 Å². The molecule has 0 aliphatic heterocycles. The molecule has 0 bridgehead atoms. The fourth-order valence-electron chi connectivity index (χ4n) is 1.07. The lowest BCUT2D eigenvalue weighted by Crippen LogP contribution is -2.23. The van der Waals surface area contributed by atoms with Crippen LogP contribution in [-0.4, -0.2) is 12.7 Å². The predicted molar refractivity (Wildman–Crippen MR) is 59.0 cm³/mol. The quantitative estimate of drug-likeness (QED) is 0.647. The van der Waals surface area contributed by atoms with Crippen LogP contribution in [0.2, 0.25) is 0 Å². The van der Waals surface area contributed by atoms with E-state index in [9.17, 15) is 0 Å². The Balaban J connectivity index is 0.000000671. The van der Waals surface area contributed by atoms with E-state index in [1.54, 1.807) is 0 Å². The number of hydrogen-bond donors (Lipinski definition) is 0. The molecule has 1 heteroatoms. The highest BCUT2D eigenvalue weighted by Gasteiger charge is 2.18. The summed E-state index contributed by atoms with van der Waals surface area (Å²) in [5, 5.41) is 0. The van der Waals surface area contributed by atoms with Crippen molar-refractivity contribution < 1.29 is 4.74 Å². The lowest BCUT2D eigenvalue weighted by Gasteiger charge is -2.27. The molecule has 0 heterocycles. The minimum atomic E-state index is 0.434. The molecule has 0 aromatic rings. The van der Waals surface area contributed by atoms with Gasteiger partial charge in [-0.3, -0.25) is 0 Å². The van der Waals surface area contributed by atoms with Gasteiger partial charge in [0, 0.05) is 6.61 Å². The second-order valence-corrected chi connectivity index (χ2v) is 4.73. The molecule has 0 unspecified atom stereocenters. The molecule has 1 aliphatic carbocycles. The van der Waals surface area contributed by atoms with Crippen molar-refractivity contribution in [3.05, 3.63) is 0 Å². The molecule has 0 atom stereocenters. The van der Waals surface area contributed by atoms with E-state index in [1.165, 1.54) is 25.7 Å². The molecule has 0 spiro atoms. The first-order chi connectivity index (χ1) is 6.08. The third kappa shape index (κ3) is 7.06. The molecule has 0 aromatic heterocycles. The van der Waals surface area contributed by atoms with Crippen molar-refractivity contribution in [1.29, 1.82) is 0 Å². The van der Waals surface area contributed by atoms with Gasteiger partial charge in [0.15, 0.2) is 0 Å². The molecule has 0 aromatic carbocycles. The predicted octanol–water partition coefficient (Wildman–Crippen LogP) is 4.02. The highest BCUT2D eigenvalue weighted by Crippen LogP contribution is 2.24. The minimum Gasteiger partial charge on any atom is -0.378 e. The van der Waals surface area contributed by atoms with E-state index >= 15 is 0 Å². The Morgan fingerprint density at radius 2 is 1.69 bits per heavy atom. The summed E-state index contributed by atoms with van der Waals surface area (Å²) in [6, 6.07) is 0. The summed E-state index contributed by atoms with van der Waals surface area (Å²) in [7, 11) is 0. The van der Waals surface area contributed by atoms with Gasteiger partial charge in [0.2, 0.25) is 0 Å².